The van der Waals surface area contributed by atoms with E-state index >= 15 is 0 Å². The minimum absolute atomic E-state index is 0.0480. The summed E-state index contributed by atoms with van der Waals surface area (Å²) in [5.41, 5.74) is 13.2. The minimum atomic E-state index is -0.913. The zero-order chi connectivity index (χ0) is 19.6. The van der Waals surface area contributed by atoms with Crippen LogP contribution in [0.4, 0.5) is 5.69 Å². The summed E-state index contributed by atoms with van der Waals surface area (Å²) >= 11 is 0. The average molecular weight is 380 g/mol. The Hall–Kier alpha value is -2.78. The second-order valence-corrected chi connectivity index (χ2v) is 7.20. The Morgan fingerprint density at radius 1 is 1.07 bits per heavy atom. The van der Waals surface area contributed by atoms with E-state index in [1.54, 1.807) is 11.9 Å². The molecule has 28 heavy (non-hydrogen) atoms. The number of carbonyl (C=O) groups excluding carboxylic acids is 2. The molecule has 2 heterocycles. The Morgan fingerprint density at radius 3 is 2.50 bits per heavy atom. The number of nitrogens with one attached hydrogen (secondary N) is 5. The van der Waals surface area contributed by atoms with Gasteiger partial charge in [-0.15, -0.1) is 0 Å². The summed E-state index contributed by atoms with van der Waals surface area (Å²) in [5, 5.41) is 2.91. The third kappa shape index (κ3) is 3.38. The summed E-state index contributed by atoms with van der Waals surface area (Å²) in [6.07, 6.45) is 0.434. The lowest BCUT2D eigenvalue weighted by Crippen LogP contribution is -2.48. The van der Waals surface area contributed by atoms with Crippen LogP contribution < -0.4 is 32.1 Å². The van der Waals surface area contributed by atoms with Crippen molar-refractivity contribution in [1.29, 1.82) is 0 Å². The van der Waals surface area contributed by atoms with Crippen LogP contribution in [-0.2, 0) is 21.4 Å². The van der Waals surface area contributed by atoms with Gasteiger partial charge >= 0.3 is 0 Å². The fourth-order valence-electron chi connectivity index (χ4n) is 4.00. The molecule has 1 fully saturated rings. The Balaban J connectivity index is 1.62. The standard InChI is InChI=1S/C20H24N6O2/c1-26-16-10-6-5-9-15(16)20(19(26)28,11-14-7-3-2-4-8-14)12-18(27)21-13-17-22-24-25-23-17/h2-10,17,22-25H,11-13H2,1H3,(H,21,27). The lowest BCUT2D eigenvalue weighted by Gasteiger charge is -2.28. The van der Waals surface area contributed by atoms with Gasteiger partial charge < -0.3 is 10.2 Å². The van der Waals surface area contributed by atoms with Gasteiger partial charge in [-0.25, -0.2) is 10.9 Å². The van der Waals surface area contributed by atoms with Crippen LogP contribution in [0.5, 0.6) is 0 Å². The van der Waals surface area contributed by atoms with Gasteiger partial charge in [0.15, 0.2) is 0 Å². The molecular weight excluding hydrogens is 356 g/mol. The molecule has 2 amide bonds. The van der Waals surface area contributed by atoms with Crippen molar-refractivity contribution in [3.05, 3.63) is 65.7 Å². The summed E-state index contributed by atoms with van der Waals surface area (Å²) in [6.45, 7) is 0.381. The number of amides is 2. The number of anilines is 1. The second-order valence-electron chi connectivity index (χ2n) is 7.20. The molecule has 0 spiro atoms. The molecule has 0 radical (unpaired) electrons. The van der Waals surface area contributed by atoms with Crippen molar-refractivity contribution in [3.8, 4) is 0 Å². The first-order valence-electron chi connectivity index (χ1n) is 9.29. The molecule has 4 rings (SSSR count). The Bertz CT molecular complexity index is 868. The number of nitrogens with zero attached hydrogens (tertiary/aromatic N) is 1. The van der Waals surface area contributed by atoms with E-state index in [1.165, 1.54) is 0 Å². The van der Waals surface area contributed by atoms with E-state index in [9.17, 15) is 9.59 Å². The van der Waals surface area contributed by atoms with E-state index in [0.29, 0.717) is 13.0 Å². The molecule has 2 aliphatic rings. The Morgan fingerprint density at radius 2 is 1.75 bits per heavy atom. The smallest absolute Gasteiger partial charge is 0.238 e. The van der Waals surface area contributed by atoms with Gasteiger partial charge in [0.2, 0.25) is 11.8 Å². The predicted octanol–water partition coefficient (Wildman–Crippen LogP) is 0.0929. The molecule has 1 atom stereocenters. The SMILES string of the molecule is CN1C(=O)C(CC(=O)NCC2NNNN2)(Cc2ccccc2)c2ccccc21. The molecule has 0 aromatic heterocycles. The Kier molecular flexibility index (Phi) is 5.10. The van der Waals surface area contributed by atoms with Crippen LogP contribution in [0.3, 0.4) is 0 Å². The molecule has 2 aliphatic heterocycles. The normalized spacial score (nSPS) is 21.8. The fraction of sp³-hybridized carbons (Fsp3) is 0.300. The first kappa shape index (κ1) is 18.6. The van der Waals surface area contributed by atoms with E-state index in [-0.39, 0.29) is 24.4 Å². The summed E-state index contributed by atoms with van der Waals surface area (Å²) < 4.78 is 0. The lowest BCUT2D eigenvalue weighted by molar-refractivity contribution is -0.129. The van der Waals surface area contributed by atoms with Crippen molar-refractivity contribution in [2.24, 2.45) is 0 Å². The lowest BCUT2D eigenvalue weighted by atomic mass is 9.73. The highest BCUT2D eigenvalue weighted by Crippen LogP contribution is 2.45. The van der Waals surface area contributed by atoms with Gasteiger partial charge in [0, 0.05) is 25.7 Å². The maximum Gasteiger partial charge on any atom is 0.238 e. The monoisotopic (exact) mass is 380 g/mol. The molecule has 5 N–H and O–H groups in total. The van der Waals surface area contributed by atoms with Crippen molar-refractivity contribution in [2.45, 2.75) is 24.4 Å². The molecule has 1 saturated heterocycles. The number of likely N-dealkylation sites (N-methyl/N-ethyl adjacent to an activating group) is 1. The van der Waals surface area contributed by atoms with Crippen molar-refractivity contribution in [3.63, 3.8) is 0 Å². The fourth-order valence-corrected chi connectivity index (χ4v) is 4.00. The summed E-state index contributed by atoms with van der Waals surface area (Å²) in [5.74, 6) is -0.210. The predicted molar refractivity (Wildman–Crippen MR) is 106 cm³/mol. The van der Waals surface area contributed by atoms with E-state index in [4.69, 9.17) is 0 Å². The molecular formula is C20H24N6O2. The quantitative estimate of drug-likeness (QED) is 0.488. The molecule has 0 saturated carbocycles. The maximum absolute atomic E-state index is 13.4. The third-order valence-corrected chi connectivity index (χ3v) is 5.36. The van der Waals surface area contributed by atoms with Crippen LogP contribution in [0.15, 0.2) is 54.6 Å². The van der Waals surface area contributed by atoms with E-state index < -0.39 is 5.41 Å². The van der Waals surface area contributed by atoms with Crippen molar-refractivity contribution in [2.75, 3.05) is 18.5 Å². The first-order chi connectivity index (χ1) is 13.6. The van der Waals surface area contributed by atoms with Crippen LogP contribution in [-0.4, -0.2) is 31.6 Å². The average Bonchev–Trinajstić information content (AvgIpc) is 3.31. The molecule has 8 heteroatoms. The van der Waals surface area contributed by atoms with Gasteiger partial charge in [0.1, 0.15) is 6.17 Å². The highest BCUT2D eigenvalue weighted by molar-refractivity contribution is 6.09. The van der Waals surface area contributed by atoms with Crippen molar-refractivity contribution < 1.29 is 9.59 Å². The van der Waals surface area contributed by atoms with Crippen molar-refractivity contribution in [1.82, 2.24) is 27.2 Å². The van der Waals surface area contributed by atoms with Gasteiger partial charge in [-0.1, -0.05) is 48.5 Å². The molecule has 0 bridgehead atoms. The van der Waals surface area contributed by atoms with Gasteiger partial charge in [0.05, 0.1) is 5.41 Å². The summed E-state index contributed by atoms with van der Waals surface area (Å²) in [6, 6.07) is 17.6. The number of carbonyl (C=O) groups is 2. The minimum Gasteiger partial charge on any atom is -0.353 e. The number of fused-ring (bicyclic) bond motifs is 1. The van der Waals surface area contributed by atoms with Crippen molar-refractivity contribution >= 4 is 17.5 Å². The topological polar surface area (TPSA) is 97.5 Å². The van der Waals surface area contributed by atoms with Gasteiger partial charge in [0.25, 0.3) is 0 Å². The maximum atomic E-state index is 13.4. The largest absolute Gasteiger partial charge is 0.353 e. The van der Waals surface area contributed by atoms with Gasteiger partial charge in [-0.05, 0) is 23.6 Å². The van der Waals surface area contributed by atoms with Gasteiger partial charge in [-0.3, -0.25) is 9.59 Å². The van der Waals surface area contributed by atoms with E-state index in [0.717, 1.165) is 16.8 Å². The van der Waals surface area contributed by atoms with Crippen LogP contribution in [0.25, 0.3) is 0 Å². The molecule has 1 unspecified atom stereocenters. The molecule has 146 valence electrons. The zero-order valence-corrected chi connectivity index (χ0v) is 15.7. The number of benzene rings is 2. The molecule has 0 aliphatic carbocycles. The number of hydrazine groups is 3. The van der Waals surface area contributed by atoms with Crippen LogP contribution in [0, 0.1) is 0 Å². The third-order valence-electron chi connectivity index (χ3n) is 5.36. The van der Waals surface area contributed by atoms with Crippen LogP contribution in [0.2, 0.25) is 0 Å². The van der Waals surface area contributed by atoms with Crippen LogP contribution >= 0.6 is 0 Å². The van der Waals surface area contributed by atoms with E-state index in [2.05, 4.69) is 27.2 Å². The van der Waals surface area contributed by atoms with Gasteiger partial charge in [-0.2, -0.15) is 11.1 Å². The zero-order valence-electron chi connectivity index (χ0n) is 15.7. The highest BCUT2D eigenvalue weighted by Gasteiger charge is 2.50. The summed E-state index contributed by atoms with van der Waals surface area (Å²) in [7, 11) is 1.77. The molecule has 8 nitrogen and oxygen atoms in total. The number of hydrogen-bond acceptors (Lipinski definition) is 6. The summed E-state index contributed by atoms with van der Waals surface area (Å²) in [4.78, 5) is 27.9. The number of rotatable bonds is 6. The molecule has 2 aromatic rings. The number of para-hydroxylation sites is 1. The second kappa shape index (κ2) is 7.69. The number of hydrogen-bond donors (Lipinski definition) is 5. The Labute approximate surface area is 163 Å². The highest BCUT2D eigenvalue weighted by atomic mass is 16.2. The molecule has 2 aromatic carbocycles. The van der Waals surface area contributed by atoms with E-state index in [1.807, 2.05) is 54.6 Å². The first-order valence-corrected chi connectivity index (χ1v) is 9.29. The van der Waals surface area contributed by atoms with Crippen LogP contribution in [0.1, 0.15) is 17.5 Å².